The molecule has 3 nitrogen and oxygen atoms in total. The molecule has 0 heterocycles. The first kappa shape index (κ1) is 24.6. The van der Waals surface area contributed by atoms with Gasteiger partial charge in [0, 0.05) is 6.92 Å². The predicted octanol–water partition coefficient (Wildman–Crippen LogP) is 7.01. The first-order valence-electron chi connectivity index (χ1n) is 13.9. The van der Waals surface area contributed by atoms with E-state index in [0.717, 1.165) is 43.4 Å². The molecule has 0 saturated heterocycles. The molecular formula is C29H50O3. The maximum Gasteiger partial charge on any atom is 0.302 e. The van der Waals surface area contributed by atoms with Gasteiger partial charge in [0.2, 0.25) is 0 Å². The summed E-state index contributed by atoms with van der Waals surface area (Å²) in [6.07, 6.45) is 13.3. The Kier molecular flexibility index (Phi) is 7.08. The van der Waals surface area contributed by atoms with Gasteiger partial charge in [0.15, 0.2) is 0 Å². The van der Waals surface area contributed by atoms with E-state index in [4.69, 9.17) is 4.74 Å². The van der Waals surface area contributed by atoms with E-state index in [2.05, 4.69) is 34.6 Å². The molecular weight excluding hydrogens is 396 g/mol. The van der Waals surface area contributed by atoms with E-state index in [1.54, 1.807) is 0 Å². The average molecular weight is 447 g/mol. The smallest absolute Gasteiger partial charge is 0.302 e. The number of aliphatic hydroxyl groups is 1. The number of carbonyl (C=O) groups is 1. The molecule has 0 aliphatic heterocycles. The second kappa shape index (κ2) is 9.23. The van der Waals surface area contributed by atoms with Crippen molar-refractivity contribution >= 4 is 5.97 Å². The van der Waals surface area contributed by atoms with Gasteiger partial charge in [-0.3, -0.25) is 4.79 Å². The Morgan fingerprint density at radius 3 is 2.34 bits per heavy atom. The van der Waals surface area contributed by atoms with Crippen molar-refractivity contribution in [3.05, 3.63) is 0 Å². The van der Waals surface area contributed by atoms with Crippen molar-refractivity contribution < 1.29 is 14.6 Å². The van der Waals surface area contributed by atoms with Gasteiger partial charge in [-0.1, -0.05) is 53.9 Å². The van der Waals surface area contributed by atoms with E-state index in [-0.39, 0.29) is 18.2 Å². The minimum Gasteiger partial charge on any atom is -0.463 e. The number of carbonyl (C=O) groups excluding carboxylic acids is 1. The lowest BCUT2D eigenvalue weighted by Crippen LogP contribution is -2.58. The molecule has 0 spiro atoms. The molecule has 0 bridgehead atoms. The lowest BCUT2D eigenvalue weighted by molar-refractivity contribution is -0.182. The molecule has 4 fully saturated rings. The second-order valence-electron chi connectivity index (χ2n) is 13.3. The summed E-state index contributed by atoms with van der Waals surface area (Å²) in [6.45, 7) is 13.9. The van der Waals surface area contributed by atoms with Crippen molar-refractivity contribution in [1.29, 1.82) is 0 Å². The topological polar surface area (TPSA) is 46.5 Å². The quantitative estimate of drug-likeness (QED) is 0.446. The van der Waals surface area contributed by atoms with Crippen molar-refractivity contribution in [1.82, 2.24) is 0 Å². The Hall–Kier alpha value is -0.570. The lowest BCUT2D eigenvalue weighted by atomic mass is 9.43. The molecule has 184 valence electrons. The molecule has 3 heteroatoms. The standard InChI is InChI=1S/C29H50O3/c1-18(2)8-7-9-19(3)23-10-11-24-27-25(13-15-29(23,24)6)28(5)14-12-22(32-20(4)30)16-21(28)17-26(27)31/h18-19,21-27,31H,7-17H2,1-6H3/t19-,21+,22-,23-,24+,25+,26+,27+,28-,29+/m0/s1. The van der Waals surface area contributed by atoms with Crippen molar-refractivity contribution in [2.24, 2.45) is 52.3 Å². The third-order valence-corrected chi connectivity index (χ3v) is 11.2. The van der Waals surface area contributed by atoms with Gasteiger partial charge in [-0.15, -0.1) is 0 Å². The fourth-order valence-electron chi connectivity index (χ4n) is 9.55. The van der Waals surface area contributed by atoms with Crippen LogP contribution in [0.15, 0.2) is 0 Å². The molecule has 4 rings (SSSR count). The minimum atomic E-state index is -0.172. The van der Waals surface area contributed by atoms with Gasteiger partial charge in [-0.05, 0) is 104 Å². The molecule has 0 unspecified atom stereocenters. The van der Waals surface area contributed by atoms with Crippen LogP contribution in [-0.2, 0) is 9.53 Å². The van der Waals surface area contributed by atoms with Gasteiger partial charge in [0.25, 0.3) is 0 Å². The predicted molar refractivity (Wildman–Crippen MR) is 130 cm³/mol. The van der Waals surface area contributed by atoms with Crippen molar-refractivity contribution in [3.8, 4) is 0 Å². The van der Waals surface area contributed by atoms with Crippen LogP contribution >= 0.6 is 0 Å². The number of fused-ring (bicyclic) bond motifs is 5. The Balaban J connectivity index is 1.48. The summed E-state index contributed by atoms with van der Waals surface area (Å²) in [5, 5.41) is 11.5. The maximum atomic E-state index is 11.5. The Morgan fingerprint density at radius 1 is 0.969 bits per heavy atom. The van der Waals surface area contributed by atoms with E-state index in [1.807, 2.05) is 0 Å². The van der Waals surface area contributed by atoms with Crippen LogP contribution in [0.25, 0.3) is 0 Å². The summed E-state index contributed by atoms with van der Waals surface area (Å²) in [5.41, 5.74) is 0.723. The number of ether oxygens (including phenoxy) is 1. The SMILES string of the molecule is CC(=O)O[C@H]1CC[C@@]2(C)[C@H](C1)C[C@@H](O)[C@H]1[C@H]2CC[C@@]2(C)[C@@H]1CC[C@H]2[C@@H](C)CCCC(C)C. The zero-order valence-corrected chi connectivity index (χ0v) is 21.7. The Labute approximate surface area is 197 Å². The molecule has 0 aromatic carbocycles. The first-order chi connectivity index (χ1) is 15.1. The van der Waals surface area contributed by atoms with E-state index >= 15 is 0 Å². The average Bonchev–Trinajstić information content (AvgIpc) is 3.05. The van der Waals surface area contributed by atoms with Crippen LogP contribution in [-0.4, -0.2) is 23.3 Å². The summed E-state index contributed by atoms with van der Waals surface area (Å²) in [7, 11) is 0. The van der Waals surface area contributed by atoms with Gasteiger partial charge >= 0.3 is 5.97 Å². The monoisotopic (exact) mass is 446 g/mol. The van der Waals surface area contributed by atoms with Crippen LogP contribution in [0, 0.1) is 52.3 Å². The van der Waals surface area contributed by atoms with Crippen LogP contribution in [0.1, 0.15) is 112 Å². The summed E-state index contributed by atoms with van der Waals surface area (Å²) in [4.78, 5) is 11.5. The van der Waals surface area contributed by atoms with E-state index in [0.29, 0.717) is 34.5 Å². The molecule has 32 heavy (non-hydrogen) atoms. The second-order valence-corrected chi connectivity index (χ2v) is 13.3. The Morgan fingerprint density at radius 2 is 1.66 bits per heavy atom. The van der Waals surface area contributed by atoms with Crippen molar-refractivity contribution in [2.75, 3.05) is 0 Å². The summed E-state index contributed by atoms with van der Waals surface area (Å²) in [5.74, 6) is 4.61. The molecule has 4 aliphatic rings. The normalized spacial score (nSPS) is 46.8. The van der Waals surface area contributed by atoms with Gasteiger partial charge in [0.1, 0.15) is 6.10 Å². The van der Waals surface area contributed by atoms with Crippen molar-refractivity contribution in [3.63, 3.8) is 0 Å². The fourth-order valence-corrected chi connectivity index (χ4v) is 9.55. The lowest BCUT2D eigenvalue weighted by Gasteiger charge is -2.62. The highest BCUT2D eigenvalue weighted by atomic mass is 16.5. The number of esters is 1. The van der Waals surface area contributed by atoms with Gasteiger partial charge in [0.05, 0.1) is 6.10 Å². The highest BCUT2D eigenvalue weighted by Gasteiger charge is 2.63. The number of hydrogen-bond donors (Lipinski definition) is 1. The van der Waals surface area contributed by atoms with E-state index < -0.39 is 0 Å². The molecule has 0 radical (unpaired) electrons. The highest BCUT2D eigenvalue weighted by molar-refractivity contribution is 5.66. The summed E-state index contributed by atoms with van der Waals surface area (Å²) in [6, 6.07) is 0. The number of hydrogen-bond acceptors (Lipinski definition) is 3. The third-order valence-electron chi connectivity index (χ3n) is 11.2. The van der Waals surface area contributed by atoms with Gasteiger partial charge in [-0.25, -0.2) is 0 Å². The Bertz CT molecular complexity index is 673. The molecule has 10 atom stereocenters. The summed E-state index contributed by atoms with van der Waals surface area (Å²) < 4.78 is 5.61. The van der Waals surface area contributed by atoms with Crippen LogP contribution in [0.3, 0.4) is 0 Å². The van der Waals surface area contributed by atoms with E-state index in [9.17, 15) is 9.90 Å². The van der Waals surface area contributed by atoms with Crippen molar-refractivity contribution in [2.45, 2.75) is 124 Å². The first-order valence-corrected chi connectivity index (χ1v) is 13.9. The molecule has 1 N–H and O–H groups in total. The zero-order chi connectivity index (χ0) is 23.3. The van der Waals surface area contributed by atoms with E-state index in [1.165, 1.54) is 51.9 Å². The zero-order valence-electron chi connectivity index (χ0n) is 21.7. The van der Waals surface area contributed by atoms with Crippen LogP contribution in [0.4, 0.5) is 0 Å². The molecule has 4 aliphatic carbocycles. The largest absolute Gasteiger partial charge is 0.463 e. The number of rotatable bonds is 6. The van der Waals surface area contributed by atoms with Gasteiger partial charge in [-0.2, -0.15) is 0 Å². The van der Waals surface area contributed by atoms with Gasteiger partial charge < -0.3 is 9.84 Å². The highest BCUT2D eigenvalue weighted by Crippen LogP contribution is 2.68. The molecule has 4 saturated carbocycles. The maximum absolute atomic E-state index is 11.5. The van der Waals surface area contributed by atoms with Crippen LogP contribution < -0.4 is 0 Å². The molecule has 0 aromatic heterocycles. The molecule has 0 amide bonds. The third kappa shape index (κ3) is 4.29. The van der Waals surface area contributed by atoms with Crippen LogP contribution in [0.5, 0.6) is 0 Å². The minimum absolute atomic E-state index is 0.0609. The summed E-state index contributed by atoms with van der Waals surface area (Å²) >= 11 is 0. The fraction of sp³-hybridized carbons (Fsp3) is 0.966. The van der Waals surface area contributed by atoms with Crippen LogP contribution in [0.2, 0.25) is 0 Å². The number of aliphatic hydroxyl groups excluding tert-OH is 1. The molecule has 0 aromatic rings.